The number of nitrogens with zero attached hydrogens (tertiary/aromatic N) is 2. The monoisotopic (exact) mass is 344 g/mol. The van der Waals surface area contributed by atoms with Crippen molar-refractivity contribution in [2.24, 2.45) is 5.10 Å². The van der Waals surface area contributed by atoms with Crippen LogP contribution in [-0.2, 0) is 12.8 Å². The van der Waals surface area contributed by atoms with Gasteiger partial charge in [-0.2, -0.15) is 10.2 Å². The molecule has 0 spiro atoms. The van der Waals surface area contributed by atoms with Gasteiger partial charge in [0.25, 0.3) is 5.91 Å². The highest BCUT2D eigenvalue weighted by Gasteiger charge is 2.22. The summed E-state index contributed by atoms with van der Waals surface area (Å²) in [4.78, 5) is 12.3. The Morgan fingerprint density at radius 2 is 1.88 bits per heavy atom. The predicted octanol–water partition coefficient (Wildman–Crippen LogP) is 1.69. The summed E-state index contributed by atoms with van der Waals surface area (Å²) >= 11 is 0. The topological polar surface area (TPSA) is 97.8 Å². The first kappa shape index (κ1) is 16.8. The zero-order chi connectivity index (χ0) is 17.8. The molecule has 0 saturated heterocycles. The van der Waals surface area contributed by atoms with Crippen LogP contribution in [0.5, 0.6) is 17.2 Å². The molecular formula is C17H20N4O4. The summed E-state index contributed by atoms with van der Waals surface area (Å²) in [5.74, 6) is 1.31. The minimum Gasteiger partial charge on any atom is -0.496 e. The lowest BCUT2D eigenvalue weighted by atomic mass is 10.2. The number of benzene rings is 1. The maximum Gasteiger partial charge on any atom is 0.292 e. The van der Waals surface area contributed by atoms with E-state index in [1.54, 1.807) is 33.5 Å². The number of ether oxygens (including phenoxy) is 3. The molecule has 2 aromatic rings. The van der Waals surface area contributed by atoms with Gasteiger partial charge >= 0.3 is 0 Å². The molecule has 0 radical (unpaired) electrons. The normalized spacial score (nSPS) is 12.9. The molecule has 1 aliphatic rings. The van der Waals surface area contributed by atoms with Crippen LogP contribution >= 0.6 is 0 Å². The summed E-state index contributed by atoms with van der Waals surface area (Å²) < 4.78 is 15.8. The van der Waals surface area contributed by atoms with Gasteiger partial charge in [0.1, 0.15) is 5.75 Å². The average molecular weight is 344 g/mol. The van der Waals surface area contributed by atoms with Crippen molar-refractivity contribution < 1.29 is 19.0 Å². The zero-order valence-electron chi connectivity index (χ0n) is 14.4. The molecule has 1 heterocycles. The molecule has 8 nitrogen and oxygen atoms in total. The maximum atomic E-state index is 12.3. The molecular weight excluding hydrogens is 324 g/mol. The first-order valence-electron chi connectivity index (χ1n) is 7.87. The van der Waals surface area contributed by atoms with E-state index in [0.29, 0.717) is 28.5 Å². The van der Waals surface area contributed by atoms with Crippen LogP contribution in [0.15, 0.2) is 17.2 Å². The van der Waals surface area contributed by atoms with Gasteiger partial charge in [-0.15, -0.1) is 0 Å². The van der Waals surface area contributed by atoms with Gasteiger partial charge in [0.15, 0.2) is 17.2 Å². The maximum absolute atomic E-state index is 12.3. The third kappa shape index (κ3) is 3.28. The second-order valence-corrected chi connectivity index (χ2v) is 5.53. The van der Waals surface area contributed by atoms with E-state index < -0.39 is 0 Å². The molecule has 3 rings (SSSR count). The van der Waals surface area contributed by atoms with Gasteiger partial charge in [-0.25, -0.2) is 5.43 Å². The van der Waals surface area contributed by atoms with Crippen molar-refractivity contribution in [3.63, 3.8) is 0 Å². The summed E-state index contributed by atoms with van der Waals surface area (Å²) in [6.07, 6.45) is 4.32. The van der Waals surface area contributed by atoms with E-state index in [0.717, 1.165) is 30.5 Å². The van der Waals surface area contributed by atoms with E-state index in [1.165, 1.54) is 6.21 Å². The zero-order valence-corrected chi connectivity index (χ0v) is 14.4. The Balaban J connectivity index is 1.76. The van der Waals surface area contributed by atoms with Crippen molar-refractivity contribution in [1.82, 2.24) is 15.6 Å². The molecule has 2 N–H and O–H groups in total. The lowest BCUT2D eigenvalue weighted by molar-refractivity contribution is 0.0949. The van der Waals surface area contributed by atoms with E-state index in [9.17, 15) is 4.79 Å². The molecule has 1 aromatic heterocycles. The third-order valence-electron chi connectivity index (χ3n) is 4.13. The van der Waals surface area contributed by atoms with Gasteiger partial charge in [-0.3, -0.25) is 9.89 Å². The highest BCUT2D eigenvalue weighted by atomic mass is 16.5. The molecule has 1 amide bonds. The predicted molar refractivity (Wildman–Crippen MR) is 91.8 cm³/mol. The molecule has 132 valence electrons. The molecule has 0 aliphatic heterocycles. The van der Waals surface area contributed by atoms with Crippen LogP contribution in [0.1, 0.15) is 33.7 Å². The summed E-state index contributed by atoms with van der Waals surface area (Å²) in [7, 11) is 4.64. The second kappa shape index (κ2) is 7.25. The van der Waals surface area contributed by atoms with Crippen LogP contribution in [0.2, 0.25) is 0 Å². The number of hydrogen-bond donors (Lipinski definition) is 2. The Morgan fingerprint density at radius 1 is 1.16 bits per heavy atom. The molecule has 25 heavy (non-hydrogen) atoms. The Morgan fingerprint density at radius 3 is 2.60 bits per heavy atom. The second-order valence-electron chi connectivity index (χ2n) is 5.53. The summed E-state index contributed by atoms with van der Waals surface area (Å²) in [5, 5.41) is 11.0. The summed E-state index contributed by atoms with van der Waals surface area (Å²) in [5.41, 5.74) is 5.57. The molecule has 1 aliphatic carbocycles. The summed E-state index contributed by atoms with van der Waals surface area (Å²) in [6.45, 7) is 0. The number of carbonyl (C=O) groups is 1. The van der Waals surface area contributed by atoms with Crippen molar-refractivity contribution >= 4 is 12.1 Å². The molecule has 8 heteroatoms. The first-order valence-corrected chi connectivity index (χ1v) is 7.87. The van der Waals surface area contributed by atoms with Crippen LogP contribution in [-0.4, -0.2) is 43.6 Å². The van der Waals surface area contributed by atoms with Gasteiger partial charge in [-0.1, -0.05) is 0 Å². The largest absolute Gasteiger partial charge is 0.496 e. The van der Waals surface area contributed by atoms with Gasteiger partial charge in [0, 0.05) is 22.9 Å². The smallest absolute Gasteiger partial charge is 0.292 e. The van der Waals surface area contributed by atoms with Crippen molar-refractivity contribution in [2.75, 3.05) is 21.3 Å². The number of methoxy groups -OCH3 is 3. The number of aromatic nitrogens is 2. The fourth-order valence-corrected chi connectivity index (χ4v) is 2.87. The third-order valence-corrected chi connectivity index (χ3v) is 4.13. The molecule has 0 fully saturated rings. The van der Waals surface area contributed by atoms with E-state index in [2.05, 4.69) is 20.7 Å². The molecule has 0 saturated carbocycles. The van der Waals surface area contributed by atoms with Crippen LogP contribution in [0.3, 0.4) is 0 Å². The minimum atomic E-state index is -0.338. The van der Waals surface area contributed by atoms with Gasteiger partial charge in [0.05, 0.1) is 27.5 Å². The fraction of sp³-hybridized carbons (Fsp3) is 0.353. The van der Waals surface area contributed by atoms with Gasteiger partial charge < -0.3 is 14.2 Å². The van der Waals surface area contributed by atoms with Crippen molar-refractivity contribution in [3.05, 3.63) is 34.6 Å². The SMILES string of the molecule is COc1cc(OC)c(OC)cc1/C=N/NC(=O)c1n[nH]c2c1CCC2. The lowest BCUT2D eigenvalue weighted by Crippen LogP contribution is -2.19. The van der Waals surface area contributed by atoms with Crippen LogP contribution < -0.4 is 19.6 Å². The number of nitrogens with one attached hydrogen (secondary N) is 2. The van der Waals surface area contributed by atoms with Crippen molar-refractivity contribution in [1.29, 1.82) is 0 Å². The van der Waals surface area contributed by atoms with E-state index in [1.807, 2.05) is 0 Å². The highest BCUT2D eigenvalue weighted by molar-refractivity contribution is 5.95. The number of rotatable bonds is 6. The highest BCUT2D eigenvalue weighted by Crippen LogP contribution is 2.33. The summed E-state index contributed by atoms with van der Waals surface area (Å²) in [6, 6.07) is 3.42. The molecule has 0 bridgehead atoms. The molecule has 1 aromatic carbocycles. The van der Waals surface area contributed by atoms with Gasteiger partial charge in [0.2, 0.25) is 0 Å². The average Bonchev–Trinajstić information content (AvgIpc) is 3.24. The lowest BCUT2D eigenvalue weighted by Gasteiger charge is -2.11. The number of aryl methyl sites for hydroxylation is 1. The number of aromatic amines is 1. The Kier molecular flexibility index (Phi) is 4.87. The fourth-order valence-electron chi connectivity index (χ4n) is 2.87. The minimum absolute atomic E-state index is 0.338. The van der Waals surface area contributed by atoms with Crippen LogP contribution in [0.25, 0.3) is 0 Å². The van der Waals surface area contributed by atoms with Crippen LogP contribution in [0.4, 0.5) is 0 Å². The van der Waals surface area contributed by atoms with E-state index >= 15 is 0 Å². The van der Waals surface area contributed by atoms with Crippen molar-refractivity contribution in [3.8, 4) is 17.2 Å². The van der Waals surface area contributed by atoms with Gasteiger partial charge in [-0.05, 0) is 25.3 Å². The standard InChI is InChI=1S/C17H20N4O4/c1-23-13-8-15(25-3)14(24-2)7-10(13)9-18-21-17(22)16-11-5-4-6-12(11)19-20-16/h7-9H,4-6H2,1-3H3,(H,19,20)(H,21,22)/b18-9+. The number of fused-ring (bicyclic) bond motifs is 1. The number of hydrogen-bond acceptors (Lipinski definition) is 6. The number of H-pyrrole nitrogens is 1. The quantitative estimate of drug-likeness (QED) is 0.614. The molecule has 0 unspecified atom stereocenters. The Hall–Kier alpha value is -3.03. The Bertz CT molecular complexity index is 813. The number of hydrazone groups is 1. The number of carbonyl (C=O) groups excluding carboxylic acids is 1. The van der Waals surface area contributed by atoms with E-state index in [4.69, 9.17) is 14.2 Å². The number of amides is 1. The van der Waals surface area contributed by atoms with E-state index in [-0.39, 0.29) is 5.91 Å². The van der Waals surface area contributed by atoms with Crippen molar-refractivity contribution in [2.45, 2.75) is 19.3 Å². The Labute approximate surface area is 145 Å². The first-order chi connectivity index (χ1) is 12.2. The molecule has 0 atom stereocenters. The van der Waals surface area contributed by atoms with Crippen LogP contribution in [0, 0.1) is 0 Å².